The summed E-state index contributed by atoms with van der Waals surface area (Å²) in [5.41, 5.74) is 2.84. The van der Waals surface area contributed by atoms with Gasteiger partial charge in [-0.1, -0.05) is 45.4 Å². The summed E-state index contributed by atoms with van der Waals surface area (Å²) < 4.78 is 5.43. The van der Waals surface area contributed by atoms with E-state index in [4.69, 9.17) is 4.74 Å². The van der Waals surface area contributed by atoms with E-state index in [1.165, 1.54) is 11.1 Å². The van der Waals surface area contributed by atoms with Crippen molar-refractivity contribution in [3.05, 3.63) is 23.3 Å². The lowest BCUT2D eigenvalue weighted by Crippen LogP contribution is -2.41. The van der Waals surface area contributed by atoms with Gasteiger partial charge in [-0.05, 0) is 48.5 Å². The van der Waals surface area contributed by atoms with Crippen LogP contribution in [-0.2, 0) is 9.53 Å². The molecular formula is C22H34O4. The molecule has 2 N–H and O–H groups in total. The molecule has 1 saturated heterocycles. The molecule has 0 radical (unpaired) electrons. The number of fused-ring (bicyclic) bond motifs is 1. The van der Waals surface area contributed by atoms with Crippen molar-refractivity contribution in [2.75, 3.05) is 0 Å². The lowest BCUT2D eigenvalue weighted by molar-refractivity contribution is -0.160. The molecule has 1 aliphatic heterocycles. The smallest absolute Gasteiger partial charge is 0.308 e. The fourth-order valence-corrected chi connectivity index (χ4v) is 5.53. The monoisotopic (exact) mass is 362 g/mol. The minimum absolute atomic E-state index is 0.114. The summed E-state index contributed by atoms with van der Waals surface area (Å²) in [4.78, 5) is 11.6. The average molecular weight is 363 g/mol. The Morgan fingerprint density at radius 1 is 1.19 bits per heavy atom. The molecule has 0 spiro atoms. The van der Waals surface area contributed by atoms with Gasteiger partial charge in [0.15, 0.2) is 0 Å². The molecular weight excluding hydrogens is 328 g/mol. The molecule has 4 heteroatoms. The van der Waals surface area contributed by atoms with Gasteiger partial charge < -0.3 is 14.9 Å². The summed E-state index contributed by atoms with van der Waals surface area (Å²) in [5, 5.41) is 20.7. The van der Waals surface area contributed by atoms with Crippen LogP contribution in [0.15, 0.2) is 23.3 Å². The van der Waals surface area contributed by atoms with Crippen molar-refractivity contribution in [3.8, 4) is 0 Å². The summed E-state index contributed by atoms with van der Waals surface area (Å²) in [6.45, 7) is 8.94. The van der Waals surface area contributed by atoms with E-state index >= 15 is 0 Å². The van der Waals surface area contributed by atoms with E-state index in [9.17, 15) is 15.0 Å². The van der Waals surface area contributed by atoms with E-state index in [0.29, 0.717) is 30.1 Å². The first-order valence-corrected chi connectivity index (χ1v) is 10.3. The third kappa shape index (κ3) is 3.91. The number of esters is 1. The van der Waals surface area contributed by atoms with Crippen LogP contribution in [0.3, 0.4) is 0 Å². The van der Waals surface area contributed by atoms with E-state index in [1.807, 2.05) is 0 Å². The predicted molar refractivity (Wildman–Crippen MR) is 101 cm³/mol. The minimum Gasteiger partial charge on any atom is -0.462 e. The second-order valence-corrected chi connectivity index (χ2v) is 8.96. The molecule has 2 aliphatic carbocycles. The standard InChI is InChI=1S/C22H34O4/c1-12(2)21-14(4)9-19(24)22-17(13(3)5-7-18(21)22)8-6-16-10-15(23)11-20(25)26-16/h5,7,12-17,19,22-24H,6,8-11H2,1-4H3. The number of cyclic esters (lactones) is 1. The number of ether oxygens (including phenoxy) is 1. The summed E-state index contributed by atoms with van der Waals surface area (Å²) >= 11 is 0. The Balaban J connectivity index is 1.79. The Morgan fingerprint density at radius 3 is 2.58 bits per heavy atom. The third-order valence-electron chi connectivity index (χ3n) is 6.63. The van der Waals surface area contributed by atoms with Crippen molar-refractivity contribution in [1.29, 1.82) is 0 Å². The van der Waals surface area contributed by atoms with Crippen molar-refractivity contribution in [1.82, 2.24) is 0 Å². The lowest BCUT2D eigenvalue weighted by atomic mass is 9.62. The largest absolute Gasteiger partial charge is 0.462 e. The second-order valence-electron chi connectivity index (χ2n) is 8.96. The number of hydrogen-bond acceptors (Lipinski definition) is 4. The van der Waals surface area contributed by atoms with E-state index in [1.54, 1.807) is 0 Å². The van der Waals surface area contributed by atoms with E-state index < -0.39 is 6.10 Å². The van der Waals surface area contributed by atoms with Crippen molar-refractivity contribution >= 4 is 5.97 Å². The molecule has 3 aliphatic rings. The third-order valence-corrected chi connectivity index (χ3v) is 6.63. The van der Waals surface area contributed by atoms with Gasteiger partial charge in [-0.25, -0.2) is 0 Å². The summed E-state index contributed by atoms with van der Waals surface area (Å²) in [6.07, 6.45) is 6.60. The topological polar surface area (TPSA) is 66.8 Å². The second kappa shape index (κ2) is 7.85. The van der Waals surface area contributed by atoms with Crippen LogP contribution in [-0.4, -0.2) is 34.5 Å². The van der Waals surface area contributed by atoms with Crippen LogP contribution in [0.5, 0.6) is 0 Å². The van der Waals surface area contributed by atoms with Crippen molar-refractivity contribution in [3.63, 3.8) is 0 Å². The number of hydrogen-bond donors (Lipinski definition) is 2. The van der Waals surface area contributed by atoms with Crippen molar-refractivity contribution in [2.45, 2.75) is 78.1 Å². The highest BCUT2D eigenvalue weighted by Gasteiger charge is 2.42. The molecule has 0 bridgehead atoms. The zero-order valence-corrected chi connectivity index (χ0v) is 16.5. The van der Waals surface area contributed by atoms with Gasteiger partial charge in [-0.2, -0.15) is 0 Å². The normalized spacial score (nSPS) is 40.6. The Morgan fingerprint density at radius 2 is 1.92 bits per heavy atom. The maximum Gasteiger partial charge on any atom is 0.308 e. The first-order chi connectivity index (χ1) is 12.3. The van der Waals surface area contributed by atoms with Crippen LogP contribution in [0.4, 0.5) is 0 Å². The maximum absolute atomic E-state index is 11.6. The van der Waals surface area contributed by atoms with Crippen molar-refractivity contribution in [2.24, 2.45) is 29.6 Å². The fraction of sp³-hybridized carbons (Fsp3) is 0.773. The van der Waals surface area contributed by atoms with Crippen LogP contribution in [0.25, 0.3) is 0 Å². The maximum atomic E-state index is 11.6. The molecule has 1 fully saturated rings. The summed E-state index contributed by atoms with van der Waals surface area (Å²) in [7, 11) is 0. The predicted octanol–water partition coefficient (Wildman–Crippen LogP) is 3.62. The van der Waals surface area contributed by atoms with Crippen LogP contribution in [0.2, 0.25) is 0 Å². The van der Waals surface area contributed by atoms with Crippen LogP contribution in [0, 0.1) is 29.6 Å². The molecule has 0 aromatic heterocycles. The van der Waals surface area contributed by atoms with Gasteiger partial charge in [0, 0.05) is 12.3 Å². The van der Waals surface area contributed by atoms with Gasteiger partial charge in [0.25, 0.3) is 0 Å². The fourth-order valence-electron chi connectivity index (χ4n) is 5.53. The highest BCUT2D eigenvalue weighted by atomic mass is 16.5. The Hall–Kier alpha value is -1.13. The van der Waals surface area contributed by atoms with Gasteiger partial charge in [0.1, 0.15) is 6.10 Å². The minimum atomic E-state index is -0.575. The highest BCUT2D eigenvalue weighted by Crippen LogP contribution is 2.48. The molecule has 4 nitrogen and oxygen atoms in total. The summed E-state index contributed by atoms with van der Waals surface area (Å²) in [6, 6.07) is 0. The number of aliphatic hydroxyl groups is 2. The SMILES string of the molecule is CC(C)C1=C2C=CC(C)C(CCC3CC(O)CC(=O)O3)C2C(O)CC1C. The van der Waals surface area contributed by atoms with Crippen LogP contribution >= 0.6 is 0 Å². The summed E-state index contributed by atoms with van der Waals surface area (Å²) in [5.74, 6) is 1.54. The molecule has 0 aromatic rings. The molecule has 0 saturated carbocycles. The Labute approximate surface area is 157 Å². The number of carbonyl (C=O) groups is 1. The van der Waals surface area contributed by atoms with E-state index in [-0.39, 0.29) is 30.5 Å². The van der Waals surface area contributed by atoms with Gasteiger partial charge in [0.05, 0.1) is 18.6 Å². The molecule has 3 rings (SSSR count). The quantitative estimate of drug-likeness (QED) is 0.750. The molecule has 7 unspecified atom stereocenters. The Kier molecular flexibility index (Phi) is 5.93. The van der Waals surface area contributed by atoms with Crippen LogP contribution < -0.4 is 0 Å². The number of rotatable bonds is 4. The van der Waals surface area contributed by atoms with E-state index in [0.717, 1.165) is 19.3 Å². The van der Waals surface area contributed by atoms with Crippen LogP contribution in [0.1, 0.15) is 59.8 Å². The van der Waals surface area contributed by atoms with Crippen molar-refractivity contribution < 1.29 is 19.7 Å². The van der Waals surface area contributed by atoms with E-state index in [2.05, 4.69) is 39.8 Å². The highest BCUT2D eigenvalue weighted by molar-refractivity contribution is 5.70. The molecule has 26 heavy (non-hydrogen) atoms. The molecule has 146 valence electrons. The molecule has 0 aromatic carbocycles. The first-order valence-electron chi connectivity index (χ1n) is 10.3. The molecule has 7 atom stereocenters. The van der Waals surface area contributed by atoms with Gasteiger partial charge >= 0.3 is 5.97 Å². The molecule has 0 amide bonds. The van der Waals surface area contributed by atoms with Gasteiger partial charge in [-0.15, -0.1) is 0 Å². The number of carbonyl (C=O) groups excluding carboxylic acids is 1. The number of allylic oxidation sites excluding steroid dienone is 3. The molecule has 1 heterocycles. The average Bonchev–Trinajstić information content (AvgIpc) is 2.52. The Bertz CT molecular complexity index is 591. The zero-order valence-electron chi connectivity index (χ0n) is 16.5. The van der Waals surface area contributed by atoms with Gasteiger partial charge in [-0.3, -0.25) is 4.79 Å². The lowest BCUT2D eigenvalue weighted by Gasteiger charge is -2.45. The first kappa shape index (κ1) is 19.6. The number of aliphatic hydroxyl groups excluding tert-OH is 2. The van der Waals surface area contributed by atoms with Gasteiger partial charge in [0.2, 0.25) is 0 Å². The zero-order chi connectivity index (χ0) is 19.0.